The van der Waals surface area contributed by atoms with Crippen molar-refractivity contribution in [3.05, 3.63) is 71.8 Å². The van der Waals surface area contributed by atoms with Crippen LogP contribution in [-0.4, -0.2) is 13.1 Å². The Labute approximate surface area is 108 Å². The standard InChI is InChI=1S/C16H18N2/c1-3-7-13(8-4-1)15-16(18-12-11-17-15)14-9-5-2-6-10-14/h1-10,15-18H,11-12H2/t15-,16+. The van der Waals surface area contributed by atoms with Crippen LogP contribution in [0, 0.1) is 0 Å². The summed E-state index contributed by atoms with van der Waals surface area (Å²) in [6, 6.07) is 22.0. The average Bonchev–Trinajstić information content (AvgIpc) is 2.49. The lowest BCUT2D eigenvalue weighted by atomic mass is 9.92. The molecule has 2 N–H and O–H groups in total. The summed E-state index contributed by atoms with van der Waals surface area (Å²) in [5.41, 5.74) is 2.69. The number of hydrogen-bond donors (Lipinski definition) is 2. The molecule has 0 unspecified atom stereocenters. The zero-order valence-corrected chi connectivity index (χ0v) is 10.3. The summed E-state index contributed by atoms with van der Waals surface area (Å²) in [5.74, 6) is 0. The highest BCUT2D eigenvalue weighted by molar-refractivity contribution is 5.28. The van der Waals surface area contributed by atoms with Gasteiger partial charge in [-0.3, -0.25) is 0 Å². The van der Waals surface area contributed by atoms with Crippen LogP contribution in [-0.2, 0) is 0 Å². The summed E-state index contributed by atoms with van der Waals surface area (Å²) in [5, 5.41) is 7.24. The van der Waals surface area contributed by atoms with Crippen molar-refractivity contribution in [1.82, 2.24) is 10.6 Å². The molecule has 2 heteroatoms. The van der Waals surface area contributed by atoms with Gasteiger partial charge in [0.15, 0.2) is 0 Å². The Hall–Kier alpha value is -1.64. The van der Waals surface area contributed by atoms with Crippen molar-refractivity contribution < 1.29 is 0 Å². The predicted molar refractivity (Wildman–Crippen MR) is 74.4 cm³/mol. The van der Waals surface area contributed by atoms with E-state index < -0.39 is 0 Å². The molecule has 1 saturated heterocycles. The Morgan fingerprint density at radius 1 is 0.611 bits per heavy atom. The predicted octanol–water partition coefficient (Wildman–Crippen LogP) is 2.66. The van der Waals surface area contributed by atoms with Gasteiger partial charge < -0.3 is 10.6 Å². The summed E-state index contributed by atoms with van der Waals surface area (Å²) < 4.78 is 0. The molecule has 1 heterocycles. The molecule has 0 spiro atoms. The van der Waals surface area contributed by atoms with Gasteiger partial charge in [0.1, 0.15) is 0 Å². The minimum atomic E-state index is 0.349. The van der Waals surface area contributed by atoms with Gasteiger partial charge in [0.2, 0.25) is 0 Å². The van der Waals surface area contributed by atoms with Crippen LogP contribution < -0.4 is 10.6 Å². The highest BCUT2D eigenvalue weighted by Crippen LogP contribution is 2.30. The van der Waals surface area contributed by atoms with Gasteiger partial charge in [0.05, 0.1) is 12.1 Å². The van der Waals surface area contributed by atoms with E-state index >= 15 is 0 Å². The minimum Gasteiger partial charge on any atom is -0.307 e. The molecule has 2 aromatic rings. The molecule has 0 amide bonds. The van der Waals surface area contributed by atoms with E-state index in [1.54, 1.807) is 0 Å². The van der Waals surface area contributed by atoms with Gasteiger partial charge in [-0.15, -0.1) is 0 Å². The first-order valence-electron chi connectivity index (χ1n) is 6.52. The van der Waals surface area contributed by atoms with Crippen LogP contribution >= 0.6 is 0 Å². The van der Waals surface area contributed by atoms with Crippen molar-refractivity contribution in [2.75, 3.05) is 13.1 Å². The van der Waals surface area contributed by atoms with Crippen LogP contribution in [0.4, 0.5) is 0 Å². The highest BCUT2D eigenvalue weighted by Gasteiger charge is 2.26. The normalized spacial score (nSPS) is 23.8. The van der Waals surface area contributed by atoms with E-state index in [2.05, 4.69) is 71.3 Å². The maximum absolute atomic E-state index is 3.62. The first-order chi connectivity index (χ1) is 8.95. The molecule has 18 heavy (non-hydrogen) atoms. The molecule has 0 saturated carbocycles. The van der Waals surface area contributed by atoms with Crippen LogP contribution in [0.1, 0.15) is 23.2 Å². The Kier molecular flexibility index (Phi) is 3.40. The van der Waals surface area contributed by atoms with E-state index in [1.165, 1.54) is 11.1 Å². The smallest absolute Gasteiger partial charge is 0.0518 e. The van der Waals surface area contributed by atoms with Gasteiger partial charge >= 0.3 is 0 Å². The Morgan fingerprint density at radius 3 is 1.39 bits per heavy atom. The van der Waals surface area contributed by atoms with Crippen LogP contribution in [0.25, 0.3) is 0 Å². The summed E-state index contributed by atoms with van der Waals surface area (Å²) >= 11 is 0. The molecule has 2 nitrogen and oxygen atoms in total. The van der Waals surface area contributed by atoms with E-state index in [0.717, 1.165) is 13.1 Å². The van der Waals surface area contributed by atoms with E-state index in [-0.39, 0.29) is 0 Å². The quantitative estimate of drug-likeness (QED) is 0.840. The number of piperazine rings is 1. The van der Waals surface area contributed by atoms with E-state index in [1.807, 2.05) is 0 Å². The van der Waals surface area contributed by atoms with Crippen LogP contribution in [0.2, 0.25) is 0 Å². The fourth-order valence-corrected chi connectivity index (χ4v) is 2.63. The van der Waals surface area contributed by atoms with Gasteiger partial charge in [-0.2, -0.15) is 0 Å². The summed E-state index contributed by atoms with van der Waals surface area (Å²) in [6.07, 6.45) is 0. The van der Waals surface area contributed by atoms with Crippen LogP contribution in [0.5, 0.6) is 0 Å². The second kappa shape index (κ2) is 5.34. The lowest BCUT2D eigenvalue weighted by molar-refractivity contribution is 0.333. The third-order valence-corrected chi connectivity index (χ3v) is 3.50. The molecule has 1 aliphatic heterocycles. The van der Waals surface area contributed by atoms with Crippen molar-refractivity contribution in [3.63, 3.8) is 0 Å². The van der Waals surface area contributed by atoms with Crippen molar-refractivity contribution in [3.8, 4) is 0 Å². The van der Waals surface area contributed by atoms with Crippen molar-refractivity contribution in [2.24, 2.45) is 0 Å². The zero-order chi connectivity index (χ0) is 12.2. The van der Waals surface area contributed by atoms with E-state index in [4.69, 9.17) is 0 Å². The molecule has 2 atom stereocenters. The molecule has 3 rings (SSSR count). The van der Waals surface area contributed by atoms with Gasteiger partial charge in [-0.05, 0) is 11.1 Å². The molecule has 1 aliphatic rings. The van der Waals surface area contributed by atoms with Crippen LogP contribution in [0.15, 0.2) is 60.7 Å². The van der Waals surface area contributed by atoms with E-state index in [0.29, 0.717) is 12.1 Å². The SMILES string of the molecule is c1ccc([C@H]2NCCN[C@H]2c2ccccc2)cc1. The monoisotopic (exact) mass is 238 g/mol. The van der Waals surface area contributed by atoms with Crippen molar-refractivity contribution >= 4 is 0 Å². The Morgan fingerprint density at radius 2 is 1.00 bits per heavy atom. The van der Waals surface area contributed by atoms with Gasteiger partial charge in [0.25, 0.3) is 0 Å². The Balaban J connectivity index is 1.92. The fourth-order valence-electron chi connectivity index (χ4n) is 2.63. The average molecular weight is 238 g/mol. The van der Waals surface area contributed by atoms with Gasteiger partial charge in [-0.1, -0.05) is 60.7 Å². The number of nitrogens with one attached hydrogen (secondary N) is 2. The lowest BCUT2D eigenvalue weighted by Crippen LogP contribution is -2.45. The molecule has 0 aliphatic carbocycles. The third-order valence-electron chi connectivity index (χ3n) is 3.50. The second-order valence-corrected chi connectivity index (χ2v) is 4.68. The molecule has 2 aromatic carbocycles. The maximum Gasteiger partial charge on any atom is 0.0518 e. The molecule has 1 fully saturated rings. The largest absolute Gasteiger partial charge is 0.307 e. The lowest BCUT2D eigenvalue weighted by Gasteiger charge is -2.34. The summed E-state index contributed by atoms with van der Waals surface area (Å²) in [4.78, 5) is 0. The summed E-state index contributed by atoms with van der Waals surface area (Å²) in [7, 11) is 0. The topological polar surface area (TPSA) is 24.1 Å². The van der Waals surface area contributed by atoms with Crippen LogP contribution in [0.3, 0.4) is 0 Å². The Bertz CT molecular complexity index is 433. The zero-order valence-electron chi connectivity index (χ0n) is 10.3. The summed E-state index contributed by atoms with van der Waals surface area (Å²) in [6.45, 7) is 2.03. The first-order valence-corrected chi connectivity index (χ1v) is 6.52. The van der Waals surface area contributed by atoms with Gasteiger partial charge in [0, 0.05) is 13.1 Å². The molecule has 0 radical (unpaired) electrons. The highest BCUT2D eigenvalue weighted by atomic mass is 15.1. The maximum atomic E-state index is 3.62. The van der Waals surface area contributed by atoms with Crippen molar-refractivity contribution in [1.29, 1.82) is 0 Å². The van der Waals surface area contributed by atoms with Gasteiger partial charge in [-0.25, -0.2) is 0 Å². The second-order valence-electron chi connectivity index (χ2n) is 4.68. The molecular formula is C16H18N2. The van der Waals surface area contributed by atoms with Crippen molar-refractivity contribution in [2.45, 2.75) is 12.1 Å². The minimum absolute atomic E-state index is 0.349. The molecule has 0 aromatic heterocycles. The molecule has 92 valence electrons. The number of benzene rings is 2. The number of rotatable bonds is 2. The molecular weight excluding hydrogens is 220 g/mol. The molecule has 0 bridgehead atoms. The van der Waals surface area contributed by atoms with E-state index in [9.17, 15) is 0 Å². The fraction of sp³-hybridized carbons (Fsp3) is 0.250. The number of hydrogen-bond acceptors (Lipinski definition) is 2. The third kappa shape index (κ3) is 2.30. The first kappa shape index (κ1) is 11.5.